The first-order valence-electron chi connectivity index (χ1n) is 6.28. The number of ketones is 1. The zero-order valence-corrected chi connectivity index (χ0v) is 12.9. The van der Waals surface area contributed by atoms with Crippen molar-refractivity contribution in [3.8, 4) is 0 Å². The molecular weight excluding hydrogens is 300 g/mol. The van der Waals surface area contributed by atoms with Gasteiger partial charge in [-0.05, 0) is 50.2 Å². The molecule has 2 N–H and O–H groups in total. The molecule has 1 heterocycles. The van der Waals surface area contributed by atoms with Gasteiger partial charge in [0.1, 0.15) is 0 Å². The molecule has 0 aromatic heterocycles. The lowest BCUT2D eigenvalue weighted by atomic mass is 9.89. The number of rotatable bonds is 4. The number of hydrogen-bond acceptors (Lipinski definition) is 4. The van der Waals surface area contributed by atoms with Gasteiger partial charge < -0.3 is 5.32 Å². The summed E-state index contributed by atoms with van der Waals surface area (Å²) in [4.78, 5) is 12.2. The Kier molecular flexibility index (Phi) is 5.98. The molecule has 1 aromatic carbocycles. The number of sulfonamides is 1. The molecule has 112 valence electrons. The summed E-state index contributed by atoms with van der Waals surface area (Å²) in [6.45, 7) is 1.76. The van der Waals surface area contributed by atoms with Gasteiger partial charge >= 0.3 is 0 Å². The number of nitrogens with one attached hydrogen (secondary N) is 2. The maximum atomic E-state index is 12.2. The van der Waals surface area contributed by atoms with Gasteiger partial charge in [0.2, 0.25) is 10.0 Å². The summed E-state index contributed by atoms with van der Waals surface area (Å²) >= 11 is 0. The Hall–Kier alpha value is -1.11. The smallest absolute Gasteiger partial charge is 0.229 e. The quantitative estimate of drug-likeness (QED) is 0.828. The van der Waals surface area contributed by atoms with Crippen molar-refractivity contribution in [2.75, 3.05) is 24.1 Å². The molecule has 0 aliphatic carbocycles. The molecule has 1 fully saturated rings. The third-order valence-electron chi connectivity index (χ3n) is 3.18. The van der Waals surface area contributed by atoms with Crippen molar-refractivity contribution < 1.29 is 13.2 Å². The molecule has 0 bridgehead atoms. The predicted octanol–water partition coefficient (Wildman–Crippen LogP) is 1.66. The van der Waals surface area contributed by atoms with Crippen LogP contribution >= 0.6 is 12.4 Å². The Balaban J connectivity index is 0.00000200. The van der Waals surface area contributed by atoms with Crippen molar-refractivity contribution >= 4 is 33.9 Å². The van der Waals surface area contributed by atoms with Crippen molar-refractivity contribution in [1.82, 2.24) is 5.32 Å². The minimum absolute atomic E-state index is 0. The second-order valence-corrected chi connectivity index (χ2v) is 6.59. The van der Waals surface area contributed by atoms with Gasteiger partial charge in [0.25, 0.3) is 0 Å². The van der Waals surface area contributed by atoms with Crippen LogP contribution in [0.1, 0.15) is 23.2 Å². The average molecular weight is 319 g/mol. The number of anilines is 1. The largest absolute Gasteiger partial charge is 0.317 e. The van der Waals surface area contributed by atoms with Crippen LogP contribution < -0.4 is 10.0 Å². The number of piperidine rings is 1. The lowest BCUT2D eigenvalue weighted by Gasteiger charge is -2.21. The van der Waals surface area contributed by atoms with Crippen molar-refractivity contribution in [2.24, 2.45) is 5.92 Å². The fourth-order valence-corrected chi connectivity index (χ4v) is 2.80. The summed E-state index contributed by atoms with van der Waals surface area (Å²) in [6.07, 6.45) is 2.82. The van der Waals surface area contributed by atoms with E-state index >= 15 is 0 Å². The minimum atomic E-state index is -3.27. The van der Waals surface area contributed by atoms with E-state index in [-0.39, 0.29) is 24.1 Å². The molecule has 0 saturated carbocycles. The van der Waals surface area contributed by atoms with E-state index in [2.05, 4.69) is 10.0 Å². The molecule has 1 aromatic rings. The van der Waals surface area contributed by atoms with E-state index in [1.165, 1.54) is 0 Å². The van der Waals surface area contributed by atoms with Crippen LogP contribution in [0.3, 0.4) is 0 Å². The number of carbonyl (C=O) groups excluding carboxylic acids is 1. The normalized spacial score (nSPS) is 16.2. The van der Waals surface area contributed by atoms with Crippen LogP contribution in [0.5, 0.6) is 0 Å². The lowest BCUT2D eigenvalue weighted by Crippen LogP contribution is -2.31. The minimum Gasteiger partial charge on any atom is -0.317 e. The second kappa shape index (κ2) is 7.06. The maximum absolute atomic E-state index is 12.2. The Labute approximate surface area is 125 Å². The van der Waals surface area contributed by atoms with Crippen molar-refractivity contribution in [3.05, 3.63) is 29.8 Å². The zero-order chi connectivity index (χ0) is 13.9. The standard InChI is InChI=1S/C13H18N2O3S.ClH/c1-19(17,18)15-12-4-2-10(3-5-12)13(16)11-6-8-14-9-7-11;/h2-5,11,14-15H,6-9H2,1H3;1H. The van der Waals surface area contributed by atoms with Crippen LogP contribution in [0.4, 0.5) is 5.69 Å². The summed E-state index contributed by atoms with van der Waals surface area (Å²) in [5.74, 6) is 0.224. The van der Waals surface area contributed by atoms with Gasteiger partial charge in [-0.2, -0.15) is 0 Å². The van der Waals surface area contributed by atoms with E-state index in [9.17, 15) is 13.2 Å². The van der Waals surface area contributed by atoms with Crippen LogP contribution in [-0.4, -0.2) is 33.5 Å². The monoisotopic (exact) mass is 318 g/mol. The first-order chi connectivity index (χ1) is 8.96. The zero-order valence-electron chi connectivity index (χ0n) is 11.3. The Bertz CT molecular complexity index is 551. The first-order valence-corrected chi connectivity index (χ1v) is 8.17. The van der Waals surface area contributed by atoms with Gasteiger partial charge in [-0.25, -0.2) is 8.42 Å². The molecule has 0 spiro atoms. The van der Waals surface area contributed by atoms with Gasteiger partial charge in [0.15, 0.2) is 5.78 Å². The third-order valence-corrected chi connectivity index (χ3v) is 3.79. The summed E-state index contributed by atoms with van der Waals surface area (Å²) < 4.78 is 24.5. The highest BCUT2D eigenvalue weighted by atomic mass is 35.5. The Morgan fingerprint density at radius 1 is 1.20 bits per heavy atom. The van der Waals surface area contributed by atoms with Crippen LogP contribution in [0.15, 0.2) is 24.3 Å². The van der Waals surface area contributed by atoms with E-state index in [4.69, 9.17) is 0 Å². The van der Waals surface area contributed by atoms with Gasteiger partial charge in [0.05, 0.1) is 6.26 Å². The summed E-state index contributed by atoms with van der Waals surface area (Å²) in [5.41, 5.74) is 1.12. The summed E-state index contributed by atoms with van der Waals surface area (Å²) in [7, 11) is -3.27. The van der Waals surface area contributed by atoms with E-state index in [0.29, 0.717) is 11.3 Å². The molecule has 1 aliphatic heterocycles. The molecule has 2 rings (SSSR count). The molecule has 1 aliphatic rings. The molecule has 0 atom stereocenters. The van der Waals surface area contributed by atoms with Gasteiger partial charge in [-0.3, -0.25) is 9.52 Å². The van der Waals surface area contributed by atoms with Gasteiger partial charge in [-0.15, -0.1) is 12.4 Å². The second-order valence-electron chi connectivity index (χ2n) is 4.84. The van der Waals surface area contributed by atoms with Crippen LogP contribution in [0.2, 0.25) is 0 Å². The van der Waals surface area contributed by atoms with Crippen LogP contribution in [0.25, 0.3) is 0 Å². The number of halogens is 1. The van der Waals surface area contributed by atoms with Crippen LogP contribution in [-0.2, 0) is 10.0 Å². The predicted molar refractivity (Wildman–Crippen MR) is 82.1 cm³/mol. The van der Waals surface area contributed by atoms with Crippen molar-refractivity contribution in [1.29, 1.82) is 0 Å². The Morgan fingerprint density at radius 3 is 2.25 bits per heavy atom. The van der Waals surface area contributed by atoms with Crippen molar-refractivity contribution in [2.45, 2.75) is 12.8 Å². The molecule has 0 radical (unpaired) electrons. The molecule has 5 nitrogen and oxygen atoms in total. The van der Waals surface area contributed by atoms with Gasteiger partial charge in [0, 0.05) is 17.2 Å². The van der Waals surface area contributed by atoms with Crippen LogP contribution in [0, 0.1) is 5.92 Å². The maximum Gasteiger partial charge on any atom is 0.229 e. The molecular formula is C13H19ClN2O3S. The lowest BCUT2D eigenvalue weighted by molar-refractivity contribution is 0.0895. The fraction of sp³-hybridized carbons (Fsp3) is 0.462. The number of hydrogen-bond donors (Lipinski definition) is 2. The SMILES string of the molecule is CS(=O)(=O)Nc1ccc(C(=O)C2CCNCC2)cc1.Cl. The highest BCUT2D eigenvalue weighted by molar-refractivity contribution is 7.92. The average Bonchev–Trinajstić information content (AvgIpc) is 2.38. The van der Waals surface area contributed by atoms with E-state index in [0.717, 1.165) is 32.2 Å². The molecule has 1 saturated heterocycles. The van der Waals surface area contributed by atoms with E-state index in [1.807, 2.05) is 0 Å². The number of benzene rings is 1. The topological polar surface area (TPSA) is 75.3 Å². The van der Waals surface area contributed by atoms with E-state index < -0.39 is 10.0 Å². The molecule has 20 heavy (non-hydrogen) atoms. The summed E-state index contributed by atoms with van der Waals surface area (Å²) in [5, 5.41) is 3.23. The van der Waals surface area contributed by atoms with Crippen molar-refractivity contribution in [3.63, 3.8) is 0 Å². The molecule has 0 unspecified atom stereocenters. The first kappa shape index (κ1) is 16.9. The highest BCUT2D eigenvalue weighted by Crippen LogP contribution is 2.19. The molecule has 0 amide bonds. The number of carbonyl (C=O) groups is 1. The Morgan fingerprint density at radius 2 is 1.75 bits per heavy atom. The fourth-order valence-electron chi connectivity index (χ4n) is 2.24. The molecule has 7 heteroatoms. The highest BCUT2D eigenvalue weighted by Gasteiger charge is 2.21. The summed E-state index contributed by atoms with van der Waals surface area (Å²) in [6, 6.07) is 6.60. The van der Waals surface area contributed by atoms with Gasteiger partial charge in [-0.1, -0.05) is 0 Å². The third kappa shape index (κ3) is 4.77. The van der Waals surface area contributed by atoms with E-state index in [1.54, 1.807) is 24.3 Å². The number of Topliss-reactive ketones (excluding diaryl/α,β-unsaturated/α-hetero) is 1.